The highest BCUT2D eigenvalue weighted by Crippen LogP contribution is 2.32. The number of nitrogens with zero attached hydrogens (tertiary/aromatic N) is 7. The molecule has 3 aromatic heterocycles. The largest absolute Gasteiger partial charge is 0.354 e. The minimum absolute atomic E-state index is 0.0152. The van der Waals surface area contributed by atoms with Crippen molar-refractivity contribution < 1.29 is 9.59 Å². The van der Waals surface area contributed by atoms with E-state index < -0.39 is 0 Å². The van der Waals surface area contributed by atoms with Crippen molar-refractivity contribution in [3.63, 3.8) is 0 Å². The molecule has 206 valence electrons. The number of aromatic nitrogens is 5. The molecule has 0 radical (unpaired) electrons. The summed E-state index contributed by atoms with van der Waals surface area (Å²) in [6, 6.07) is 13.3. The summed E-state index contributed by atoms with van der Waals surface area (Å²) in [7, 11) is 1.63. The molecule has 2 aliphatic rings. The lowest BCUT2D eigenvalue weighted by molar-refractivity contribution is -0.122. The second kappa shape index (κ2) is 11.1. The molecule has 40 heavy (non-hydrogen) atoms. The van der Waals surface area contributed by atoms with Gasteiger partial charge in [-0.1, -0.05) is 35.5 Å². The Balaban J connectivity index is 1.25. The molecule has 0 saturated carbocycles. The highest BCUT2D eigenvalue weighted by atomic mass is 32.1. The highest BCUT2D eigenvalue weighted by molar-refractivity contribution is 7.09. The molecule has 4 aromatic rings. The van der Waals surface area contributed by atoms with E-state index in [-0.39, 0.29) is 41.4 Å². The second-order valence-electron chi connectivity index (χ2n) is 10.3. The fraction of sp³-hybridized carbons (Fsp3) is 0.357. The predicted octanol–water partition coefficient (Wildman–Crippen LogP) is 1.88. The maximum absolute atomic E-state index is 13.1. The Kier molecular flexibility index (Phi) is 7.27. The summed E-state index contributed by atoms with van der Waals surface area (Å²) in [6.45, 7) is 2.91. The number of rotatable bonds is 3. The van der Waals surface area contributed by atoms with Gasteiger partial charge in [0, 0.05) is 62.7 Å². The Hall–Kier alpha value is -4.16. The van der Waals surface area contributed by atoms with Crippen LogP contribution in [0.3, 0.4) is 0 Å². The fourth-order valence-electron chi connectivity index (χ4n) is 5.41. The van der Waals surface area contributed by atoms with E-state index in [1.54, 1.807) is 30.6 Å². The second-order valence-corrected chi connectivity index (χ2v) is 11.3. The summed E-state index contributed by atoms with van der Waals surface area (Å²) < 4.78 is 3.30. The number of likely N-dealkylation sites (tertiary alicyclic amines) is 1. The molecule has 1 saturated heterocycles. The predicted molar refractivity (Wildman–Crippen MR) is 150 cm³/mol. The van der Waals surface area contributed by atoms with Crippen LogP contribution in [0.15, 0.2) is 65.0 Å². The number of nitrogens with one attached hydrogen (secondary N) is 1. The van der Waals surface area contributed by atoms with Crippen molar-refractivity contribution in [2.24, 2.45) is 5.92 Å². The van der Waals surface area contributed by atoms with Crippen molar-refractivity contribution in [1.29, 1.82) is 0 Å². The molecule has 0 unspecified atom stereocenters. The number of hydrogen-bond donors (Lipinski definition) is 1. The number of carbonyl (C=O) groups is 2. The zero-order chi connectivity index (χ0) is 27.6. The minimum Gasteiger partial charge on any atom is -0.354 e. The van der Waals surface area contributed by atoms with E-state index >= 15 is 0 Å². The molecular formula is C28H30N8O3S. The minimum atomic E-state index is -0.381. The first-order valence-electron chi connectivity index (χ1n) is 13.3. The van der Waals surface area contributed by atoms with Crippen LogP contribution in [0.5, 0.6) is 0 Å². The van der Waals surface area contributed by atoms with E-state index in [1.807, 2.05) is 29.1 Å². The Labute approximate surface area is 235 Å². The van der Waals surface area contributed by atoms with E-state index in [1.165, 1.54) is 15.5 Å². The molecule has 1 aromatic carbocycles. The monoisotopic (exact) mass is 558 g/mol. The number of hydrogen-bond acceptors (Lipinski definition) is 8. The average molecular weight is 559 g/mol. The summed E-state index contributed by atoms with van der Waals surface area (Å²) in [5.74, 6) is -0.442. The Bertz CT molecular complexity index is 1580. The van der Waals surface area contributed by atoms with Gasteiger partial charge < -0.3 is 14.8 Å². The normalized spacial score (nSPS) is 20.4. The van der Waals surface area contributed by atoms with Gasteiger partial charge in [-0.25, -0.2) is 9.67 Å². The maximum Gasteiger partial charge on any atom is 0.263 e. The molecule has 11 nitrogen and oxygen atoms in total. The van der Waals surface area contributed by atoms with Gasteiger partial charge in [-0.05, 0) is 12.1 Å². The first-order valence-corrected chi connectivity index (χ1v) is 14.2. The van der Waals surface area contributed by atoms with Crippen LogP contribution in [0.4, 0.5) is 0 Å². The number of fused-ring (bicyclic) bond motifs is 6. The molecule has 2 atom stereocenters. The van der Waals surface area contributed by atoms with Gasteiger partial charge in [0.25, 0.3) is 11.5 Å². The number of likely N-dealkylation sites (N-methyl/N-ethyl adjacent to an activating group) is 1. The van der Waals surface area contributed by atoms with Gasteiger partial charge in [-0.3, -0.25) is 19.3 Å². The first-order chi connectivity index (χ1) is 19.4. The molecule has 12 heteroatoms. The van der Waals surface area contributed by atoms with E-state index in [4.69, 9.17) is 4.98 Å². The lowest BCUT2D eigenvalue weighted by Gasteiger charge is -2.20. The van der Waals surface area contributed by atoms with Crippen LogP contribution in [0, 0.1) is 5.92 Å². The molecule has 1 fully saturated rings. The van der Waals surface area contributed by atoms with Crippen molar-refractivity contribution in [2.45, 2.75) is 25.6 Å². The molecular weight excluding hydrogens is 528 g/mol. The van der Waals surface area contributed by atoms with Crippen LogP contribution < -0.4 is 10.9 Å². The van der Waals surface area contributed by atoms with Crippen molar-refractivity contribution >= 4 is 23.2 Å². The Morgan fingerprint density at radius 3 is 2.77 bits per heavy atom. The molecule has 2 amide bonds. The smallest absolute Gasteiger partial charge is 0.263 e. The van der Waals surface area contributed by atoms with Gasteiger partial charge in [0.2, 0.25) is 5.91 Å². The third-order valence-electron chi connectivity index (χ3n) is 7.51. The number of carbonyl (C=O) groups excluding carboxylic acids is 2. The van der Waals surface area contributed by atoms with Crippen LogP contribution in [-0.2, 0) is 17.9 Å². The fourth-order valence-corrected chi connectivity index (χ4v) is 6.26. The van der Waals surface area contributed by atoms with E-state index in [0.29, 0.717) is 44.8 Å². The van der Waals surface area contributed by atoms with Crippen LogP contribution >= 0.6 is 11.3 Å². The van der Waals surface area contributed by atoms with Crippen molar-refractivity contribution in [2.75, 3.05) is 33.2 Å². The lowest BCUT2D eigenvalue weighted by Crippen LogP contribution is -2.39. The average Bonchev–Trinajstić information content (AvgIpc) is 3.70. The van der Waals surface area contributed by atoms with Crippen molar-refractivity contribution in [3.05, 3.63) is 86.9 Å². The molecule has 4 bridgehead atoms. The summed E-state index contributed by atoms with van der Waals surface area (Å²) >= 11 is 1.64. The molecule has 5 heterocycles. The molecule has 0 spiro atoms. The van der Waals surface area contributed by atoms with Crippen LogP contribution in [0.1, 0.15) is 33.5 Å². The number of amides is 2. The van der Waals surface area contributed by atoms with E-state index in [0.717, 1.165) is 16.3 Å². The van der Waals surface area contributed by atoms with E-state index in [9.17, 15) is 14.4 Å². The zero-order valence-corrected chi connectivity index (χ0v) is 23.0. The zero-order valence-electron chi connectivity index (χ0n) is 22.1. The van der Waals surface area contributed by atoms with Crippen LogP contribution in [0.25, 0.3) is 11.3 Å². The maximum atomic E-state index is 13.1. The Morgan fingerprint density at radius 1 is 1.07 bits per heavy atom. The van der Waals surface area contributed by atoms with E-state index in [2.05, 4.69) is 38.0 Å². The van der Waals surface area contributed by atoms with Crippen LogP contribution in [0.2, 0.25) is 0 Å². The number of benzene rings is 1. The first kappa shape index (κ1) is 26.1. The lowest BCUT2D eigenvalue weighted by atomic mass is 9.99. The standard InChI is InChI=1S/C28H30N8O3S/c1-33-11-9-29-25(37)12-20-13-34(17-26-30-23(18-40-26)19-6-3-2-4-7-19)16-24(20)36-15-21(31-32-36)14-35-10-5-8-22(27(33)38)28(35)39/h2-8,10,15,18,20,24H,9,11-14,16-17H2,1H3,(H,29,37)/t20-,24+/m0/s1. The number of pyridine rings is 1. The van der Waals surface area contributed by atoms with Crippen molar-refractivity contribution in [1.82, 2.24) is 39.7 Å². The van der Waals surface area contributed by atoms with Crippen molar-refractivity contribution in [3.8, 4) is 11.3 Å². The third kappa shape index (κ3) is 5.45. The van der Waals surface area contributed by atoms with Gasteiger partial charge in [0.1, 0.15) is 16.3 Å². The summed E-state index contributed by atoms with van der Waals surface area (Å²) in [6.07, 6.45) is 3.83. The molecule has 1 N–H and O–H groups in total. The Morgan fingerprint density at radius 2 is 1.93 bits per heavy atom. The molecule has 0 aliphatic carbocycles. The summed E-state index contributed by atoms with van der Waals surface area (Å²) in [5, 5.41) is 14.8. The number of thiazole rings is 1. The topological polar surface area (TPSA) is 118 Å². The van der Waals surface area contributed by atoms with Gasteiger partial charge in [0.15, 0.2) is 0 Å². The summed E-state index contributed by atoms with van der Waals surface area (Å²) in [4.78, 5) is 47.5. The SMILES string of the molecule is CN1CCNC(=O)C[C@H]2CN(Cc3nc(-c4ccccc4)cs3)C[C@H]2n2cc(nn2)Cn2cccc(c2=O)C1=O. The van der Waals surface area contributed by atoms with Gasteiger partial charge in [0.05, 0.1) is 31.0 Å². The van der Waals surface area contributed by atoms with Gasteiger partial charge in [-0.15, -0.1) is 16.4 Å². The van der Waals surface area contributed by atoms with Crippen LogP contribution in [-0.4, -0.2) is 79.4 Å². The molecule has 2 aliphatic heterocycles. The van der Waals surface area contributed by atoms with Gasteiger partial charge >= 0.3 is 0 Å². The third-order valence-corrected chi connectivity index (χ3v) is 8.34. The summed E-state index contributed by atoms with van der Waals surface area (Å²) in [5.41, 5.74) is 2.37. The molecule has 6 rings (SSSR count). The highest BCUT2D eigenvalue weighted by Gasteiger charge is 2.36. The quantitative estimate of drug-likeness (QED) is 0.408. The van der Waals surface area contributed by atoms with Gasteiger partial charge in [-0.2, -0.15) is 0 Å².